The van der Waals surface area contributed by atoms with Crippen LogP contribution in [0.4, 0.5) is 0 Å². The van der Waals surface area contributed by atoms with E-state index < -0.39 is 37.3 Å². The van der Waals surface area contributed by atoms with Crippen LogP contribution in [0.25, 0.3) is 11.1 Å². The summed E-state index contributed by atoms with van der Waals surface area (Å²) in [5.41, 5.74) is 1.69. The predicted octanol–water partition coefficient (Wildman–Crippen LogP) is 0.238. The van der Waals surface area contributed by atoms with Crippen LogP contribution in [0.1, 0.15) is 0 Å². The van der Waals surface area contributed by atoms with Crippen LogP contribution >= 0.6 is 0 Å². The lowest BCUT2D eigenvalue weighted by molar-refractivity contribution is -0.277. The second-order valence-corrected chi connectivity index (χ2v) is 5.89. The molecule has 0 amide bonds. The molecular formula is C18H20O7. The monoisotopic (exact) mass is 348 g/mol. The fourth-order valence-electron chi connectivity index (χ4n) is 2.71. The van der Waals surface area contributed by atoms with Crippen LogP contribution < -0.4 is 4.74 Å². The Morgan fingerprint density at radius 2 is 1.60 bits per heavy atom. The van der Waals surface area contributed by atoms with Crippen molar-refractivity contribution < 1.29 is 35.0 Å². The lowest BCUT2D eigenvalue weighted by Gasteiger charge is -2.39. The molecule has 5 atom stereocenters. The third kappa shape index (κ3) is 3.76. The minimum atomic E-state index is -1.48. The van der Waals surface area contributed by atoms with E-state index in [0.29, 0.717) is 5.75 Å². The second-order valence-electron chi connectivity index (χ2n) is 5.89. The van der Waals surface area contributed by atoms with E-state index in [4.69, 9.17) is 9.47 Å². The molecular weight excluding hydrogens is 328 g/mol. The number of rotatable bonds is 4. The SMILES string of the molecule is OCC1OC(Oc2ccc(-c3cccc(O)c3)cc2)C(O)C(O)C1O. The molecule has 1 fully saturated rings. The molecule has 7 nitrogen and oxygen atoms in total. The summed E-state index contributed by atoms with van der Waals surface area (Å²) in [6, 6.07) is 13.7. The van der Waals surface area contributed by atoms with E-state index in [1.54, 1.807) is 42.5 Å². The number of aliphatic hydroxyl groups is 4. The zero-order valence-corrected chi connectivity index (χ0v) is 13.3. The molecule has 5 N–H and O–H groups in total. The van der Waals surface area contributed by atoms with Gasteiger partial charge in [0.25, 0.3) is 0 Å². The van der Waals surface area contributed by atoms with Crippen LogP contribution in [0.3, 0.4) is 0 Å². The number of aliphatic hydroxyl groups excluding tert-OH is 4. The van der Waals surface area contributed by atoms with Gasteiger partial charge in [0, 0.05) is 0 Å². The van der Waals surface area contributed by atoms with E-state index in [1.807, 2.05) is 6.07 Å². The zero-order chi connectivity index (χ0) is 18.0. The van der Waals surface area contributed by atoms with Gasteiger partial charge in [-0.3, -0.25) is 0 Å². The third-order valence-corrected chi connectivity index (χ3v) is 4.13. The van der Waals surface area contributed by atoms with Gasteiger partial charge in [0.2, 0.25) is 6.29 Å². The Hall–Kier alpha value is -2.16. The fraction of sp³-hybridized carbons (Fsp3) is 0.333. The summed E-state index contributed by atoms with van der Waals surface area (Å²) in [4.78, 5) is 0. The van der Waals surface area contributed by atoms with Crippen LogP contribution in [0.15, 0.2) is 48.5 Å². The quantitative estimate of drug-likeness (QED) is 0.537. The second kappa shape index (κ2) is 7.38. The predicted molar refractivity (Wildman–Crippen MR) is 87.9 cm³/mol. The summed E-state index contributed by atoms with van der Waals surface area (Å²) in [6.07, 6.45) is -6.60. The Morgan fingerprint density at radius 1 is 0.880 bits per heavy atom. The van der Waals surface area contributed by atoms with Crippen molar-refractivity contribution in [1.29, 1.82) is 0 Å². The highest BCUT2D eigenvalue weighted by Crippen LogP contribution is 2.28. The number of hydrogen-bond donors (Lipinski definition) is 5. The molecule has 5 unspecified atom stereocenters. The fourth-order valence-corrected chi connectivity index (χ4v) is 2.71. The molecule has 0 bridgehead atoms. The highest BCUT2D eigenvalue weighted by Gasteiger charge is 2.44. The van der Waals surface area contributed by atoms with Gasteiger partial charge < -0.3 is 35.0 Å². The molecule has 0 radical (unpaired) electrons. The molecule has 1 aliphatic rings. The van der Waals surface area contributed by atoms with Gasteiger partial charge >= 0.3 is 0 Å². The molecule has 25 heavy (non-hydrogen) atoms. The van der Waals surface area contributed by atoms with Crippen molar-refractivity contribution in [3.8, 4) is 22.6 Å². The first-order chi connectivity index (χ1) is 12.0. The van der Waals surface area contributed by atoms with Crippen LogP contribution in [0.5, 0.6) is 11.5 Å². The maximum absolute atomic E-state index is 9.98. The van der Waals surface area contributed by atoms with Crippen molar-refractivity contribution in [1.82, 2.24) is 0 Å². The van der Waals surface area contributed by atoms with E-state index >= 15 is 0 Å². The summed E-state index contributed by atoms with van der Waals surface area (Å²) in [5.74, 6) is 0.548. The maximum Gasteiger partial charge on any atom is 0.229 e. The van der Waals surface area contributed by atoms with Crippen molar-refractivity contribution in [3.05, 3.63) is 48.5 Å². The first-order valence-electron chi connectivity index (χ1n) is 7.86. The van der Waals surface area contributed by atoms with E-state index in [2.05, 4.69) is 0 Å². The minimum Gasteiger partial charge on any atom is -0.508 e. The molecule has 3 rings (SSSR count). The van der Waals surface area contributed by atoms with E-state index in [0.717, 1.165) is 11.1 Å². The molecule has 7 heteroatoms. The van der Waals surface area contributed by atoms with E-state index in [-0.39, 0.29) is 5.75 Å². The van der Waals surface area contributed by atoms with Crippen LogP contribution in [0, 0.1) is 0 Å². The summed E-state index contributed by atoms with van der Waals surface area (Å²) < 4.78 is 10.8. The first kappa shape index (κ1) is 17.7. The Labute approximate surface area is 144 Å². The van der Waals surface area contributed by atoms with Gasteiger partial charge in [-0.25, -0.2) is 0 Å². The molecule has 1 saturated heterocycles. The molecule has 1 heterocycles. The molecule has 134 valence electrons. The van der Waals surface area contributed by atoms with Crippen molar-refractivity contribution >= 4 is 0 Å². The highest BCUT2D eigenvalue weighted by atomic mass is 16.7. The van der Waals surface area contributed by atoms with Gasteiger partial charge in [-0.05, 0) is 35.4 Å². The van der Waals surface area contributed by atoms with Crippen molar-refractivity contribution in [3.63, 3.8) is 0 Å². The average Bonchev–Trinajstić information content (AvgIpc) is 2.63. The Balaban J connectivity index is 1.73. The smallest absolute Gasteiger partial charge is 0.229 e. The van der Waals surface area contributed by atoms with E-state index in [9.17, 15) is 25.5 Å². The van der Waals surface area contributed by atoms with Crippen LogP contribution in [-0.4, -0.2) is 62.8 Å². The minimum absolute atomic E-state index is 0.166. The number of benzene rings is 2. The third-order valence-electron chi connectivity index (χ3n) is 4.13. The van der Waals surface area contributed by atoms with Gasteiger partial charge in [-0.15, -0.1) is 0 Å². The van der Waals surface area contributed by atoms with Gasteiger partial charge in [0.15, 0.2) is 0 Å². The molecule has 2 aromatic carbocycles. The van der Waals surface area contributed by atoms with Crippen LogP contribution in [-0.2, 0) is 4.74 Å². The lowest BCUT2D eigenvalue weighted by atomic mass is 9.99. The molecule has 0 spiro atoms. The van der Waals surface area contributed by atoms with Gasteiger partial charge in [-0.2, -0.15) is 0 Å². The number of ether oxygens (including phenoxy) is 2. The summed E-state index contributed by atoms with van der Waals surface area (Å²) in [6.45, 7) is -0.513. The number of aromatic hydroxyl groups is 1. The summed E-state index contributed by atoms with van der Waals surface area (Å²) in [5, 5.41) is 48.2. The Bertz CT molecular complexity index is 701. The highest BCUT2D eigenvalue weighted by molar-refractivity contribution is 5.65. The molecule has 0 aromatic heterocycles. The zero-order valence-electron chi connectivity index (χ0n) is 13.3. The average molecular weight is 348 g/mol. The summed E-state index contributed by atoms with van der Waals surface area (Å²) in [7, 11) is 0. The molecule has 0 aliphatic carbocycles. The first-order valence-corrected chi connectivity index (χ1v) is 7.86. The van der Waals surface area contributed by atoms with Gasteiger partial charge in [0.05, 0.1) is 6.61 Å². The normalized spacial score (nSPS) is 29.4. The molecule has 2 aromatic rings. The molecule has 1 aliphatic heterocycles. The Morgan fingerprint density at radius 3 is 2.24 bits per heavy atom. The van der Waals surface area contributed by atoms with Crippen molar-refractivity contribution in [2.24, 2.45) is 0 Å². The van der Waals surface area contributed by atoms with Gasteiger partial charge in [0.1, 0.15) is 35.9 Å². The number of phenolic OH excluding ortho intramolecular Hbond substituents is 1. The number of hydrogen-bond acceptors (Lipinski definition) is 7. The largest absolute Gasteiger partial charge is 0.508 e. The lowest BCUT2D eigenvalue weighted by Crippen LogP contribution is -2.60. The van der Waals surface area contributed by atoms with Crippen molar-refractivity contribution in [2.75, 3.05) is 6.61 Å². The van der Waals surface area contributed by atoms with E-state index in [1.165, 1.54) is 0 Å². The van der Waals surface area contributed by atoms with Crippen molar-refractivity contribution in [2.45, 2.75) is 30.7 Å². The summed E-state index contributed by atoms with van der Waals surface area (Å²) >= 11 is 0. The topological polar surface area (TPSA) is 120 Å². The van der Waals surface area contributed by atoms with Crippen LogP contribution in [0.2, 0.25) is 0 Å². The maximum atomic E-state index is 9.98. The standard InChI is InChI=1S/C18H20O7/c19-9-14-15(21)16(22)17(23)18(25-14)24-13-6-4-10(5-7-13)11-2-1-3-12(20)8-11/h1-8,14-23H,9H2. The number of phenols is 1. The Kier molecular flexibility index (Phi) is 5.22. The molecule has 0 saturated carbocycles. The van der Waals surface area contributed by atoms with Gasteiger partial charge in [-0.1, -0.05) is 24.3 Å².